The summed E-state index contributed by atoms with van der Waals surface area (Å²) in [7, 11) is -3.22. The van der Waals surface area contributed by atoms with Gasteiger partial charge in [0.2, 0.25) is 8.07 Å². The van der Waals surface area contributed by atoms with Crippen LogP contribution in [0.5, 0.6) is 0 Å². The third-order valence-corrected chi connectivity index (χ3v) is 12.9. The van der Waals surface area contributed by atoms with Gasteiger partial charge in [-0.3, -0.25) is 39.9 Å². The van der Waals surface area contributed by atoms with E-state index in [9.17, 15) is 0 Å². The second-order valence-electron chi connectivity index (χ2n) is 11.3. The van der Waals surface area contributed by atoms with Gasteiger partial charge < -0.3 is 0 Å². The third kappa shape index (κ3) is 5.79. The maximum Gasteiger partial charge on any atom is 0.226 e. The lowest BCUT2D eigenvalue weighted by Crippen LogP contribution is -2.76. The first-order valence-electron chi connectivity index (χ1n) is 15.8. The molecule has 0 saturated carbocycles. The van der Waals surface area contributed by atoms with E-state index < -0.39 is 8.07 Å². The Labute approximate surface area is 284 Å². The van der Waals surface area contributed by atoms with Gasteiger partial charge in [-0.2, -0.15) is 0 Å². The zero-order valence-corrected chi connectivity index (χ0v) is 27.2. The van der Waals surface area contributed by atoms with E-state index >= 15 is 0 Å². The lowest BCUT2D eigenvalue weighted by molar-refractivity contribution is 1.25. The van der Waals surface area contributed by atoms with Gasteiger partial charge in [-0.1, -0.05) is 36.4 Å². The van der Waals surface area contributed by atoms with Crippen LogP contribution in [0.3, 0.4) is 0 Å². The van der Waals surface area contributed by atoms with Crippen LogP contribution in [0.15, 0.2) is 171 Å². The van der Waals surface area contributed by atoms with E-state index in [4.69, 9.17) is 19.9 Å². The fraction of sp³-hybridized carbons (Fsp3) is 0. The number of aromatic nitrogens is 8. The molecule has 8 nitrogen and oxygen atoms in total. The molecule has 8 rings (SSSR count). The van der Waals surface area contributed by atoms with E-state index in [0.29, 0.717) is 0 Å². The Balaban J connectivity index is 1.35. The van der Waals surface area contributed by atoms with Gasteiger partial charge in [-0.15, -0.1) is 0 Å². The Kier molecular flexibility index (Phi) is 8.07. The molecule has 0 bridgehead atoms. The summed E-state index contributed by atoms with van der Waals surface area (Å²) >= 11 is 0. The SMILES string of the molecule is c1ccc(-c2ccc([Si](c3ccc(-c4ccccn4)nc3)(c3ccc(-c4ccccn4)nc3)c3ccc(-c4ccccn4)cn3)nc2)nc1. The highest BCUT2D eigenvalue weighted by Gasteiger charge is 2.45. The van der Waals surface area contributed by atoms with Crippen molar-refractivity contribution in [1.29, 1.82) is 0 Å². The van der Waals surface area contributed by atoms with Crippen molar-refractivity contribution in [1.82, 2.24) is 39.9 Å². The summed E-state index contributed by atoms with van der Waals surface area (Å²) < 4.78 is 0. The van der Waals surface area contributed by atoms with Gasteiger partial charge in [-0.25, -0.2) is 0 Å². The van der Waals surface area contributed by atoms with Crippen LogP contribution >= 0.6 is 0 Å². The Morgan fingerprint density at radius 1 is 0.286 bits per heavy atom. The molecule has 0 radical (unpaired) electrons. The monoisotopic (exact) mass is 648 g/mol. The van der Waals surface area contributed by atoms with Crippen LogP contribution in [-0.4, -0.2) is 47.9 Å². The average molecular weight is 649 g/mol. The van der Waals surface area contributed by atoms with Gasteiger partial charge in [0.15, 0.2) is 0 Å². The molecule has 49 heavy (non-hydrogen) atoms. The van der Waals surface area contributed by atoms with Crippen molar-refractivity contribution in [3.05, 3.63) is 171 Å². The fourth-order valence-corrected chi connectivity index (χ4v) is 10.2. The number of rotatable bonds is 8. The molecule has 0 spiro atoms. The smallest absolute Gasteiger partial charge is 0.226 e. The van der Waals surface area contributed by atoms with Gasteiger partial charge in [0.1, 0.15) is 0 Å². The molecular formula is C40H28N8Si. The zero-order valence-electron chi connectivity index (χ0n) is 26.2. The standard InChI is InChI=1S/C40H28N8Si/c1-5-21-41-33(9-1)29-13-19-39(47-25-29)49(31-15-17-37(45-27-31)35-11-3-7-23-43-35,32-16-18-38(46-28-32)36-12-4-8-24-44-36)40-20-14-30(26-48-40)34-10-2-6-22-42-34/h1-28H. The summed E-state index contributed by atoms with van der Waals surface area (Å²) in [6, 6.07) is 40.1. The topological polar surface area (TPSA) is 103 Å². The van der Waals surface area contributed by atoms with Crippen molar-refractivity contribution in [2.75, 3.05) is 0 Å². The molecule has 0 aliphatic heterocycles. The maximum absolute atomic E-state index is 5.19. The van der Waals surface area contributed by atoms with Crippen LogP contribution in [0.4, 0.5) is 0 Å². The Morgan fingerprint density at radius 3 is 0.980 bits per heavy atom. The van der Waals surface area contributed by atoms with Crippen molar-refractivity contribution in [2.45, 2.75) is 0 Å². The van der Waals surface area contributed by atoms with Crippen LogP contribution in [-0.2, 0) is 0 Å². The quantitative estimate of drug-likeness (QED) is 0.215. The molecule has 9 heteroatoms. The summed E-state index contributed by atoms with van der Waals surface area (Å²) in [6.45, 7) is 0. The summed E-state index contributed by atoms with van der Waals surface area (Å²) in [5, 5.41) is 3.81. The van der Waals surface area contributed by atoms with E-state index in [2.05, 4.69) is 56.3 Å². The number of hydrogen-bond acceptors (Lipinski definition) is 8. The van der Waals surface area contributed by atoms with E-state index in [0.717, 1.165) is 66.3 Å². The molecule has 0 aromatic carbocycles. The first kappa shape index (κ1) is 29.8. The Hall–Kier alpha value is -6.58. The van der Waals surface area contributed by atoms with Gasteiger partial charge in [-0.05, 0) is 95.3 Å². The van der Waals surface area contributed by atoms with Crippen molar-refractivity contribution in [3.63, 3.8) is 0 Å². The highest BCUT2D eigenvalue weighted by Crippen LogP contribution is 2.19. The number of hydrogen-bond donors (Lipinski definition) is 0. The minimum absolute atomic E-state index is 0.785. The normalized spacial score (nSPS) is 11.3. The largest absolute Gasteiger partial charge is 0.264 e. The molecule has 8 aromatic rings. The Morgan fingerprint density at radius 2 is 0.673 bits per heavy atom. The summed E-state index contributed by atoms with van der Waals surface area (Å²) in [5.74, 6) is 0. The molecule has 0 atom stereocenters. The average Bonchev–Trinajstić information content (AvgIpc) is 3.20. The highest BCUT2D eigenvalue weighted by atomic mass is 28.3. The lowest BCUT2D eigenvalue weighted by Gasteiger charge is -2.31. The molecule has 8 heterocycles. The summed E-state index contributed by atoms with van der Waals surface area (Å²) in [6.07, 6.45) is 14.8. The third-order valence-electron chi connectivity index (χ3n) is 8.46. The molecule has 8 aromatic heterocycles. The summed E-state index contributed by atoms with van der Waals surface area (Å²) in [5.41, 5.74) is 6.75. The molecular weight excluding hydrogens is 621 g/mol. The predicted molar refractivity (Wildman–Crippen MR) is 194 cm³/mol. The maximum atomic E-state index is 5.19. The lowest BCUT2D eigenvalue weighted by atomic mass is 10.2. The first-order chi connectivity index (χ1) is 24.3. The van der Waals surface area contributed by atoms with Crippen LogP contribution in [0.25, 0.3) is 45.3 Å². The highest BCUT2D eigenvalue weighted by molar-refractivity contribution is 7.19. The van der Waals surface area contributed by atoms with Crippen LogP contribution in [0.1, 0.15) is 0 Å². The van der Waals surface area contributed by atoms with Crippen molar-refractivity contribution >= 4 is 29.1 Å². The molecule has 0 N–H and O–H groups in total. The molecule has 232 valence electrons. The Bertz CT molecular complexity index is 1930. The van der Waals surface area contributed by atoms with Crippen LogP contribution in [0.2, 0.25) is 0 Å². The van der Waals surface area contributed by atoms with Crippen LogP contribution < -0.4 is 21.0 Å². The van der Waals surface area contributed by atoms with E-state index in [1.54, 1.807) is 24.8 Å². The molecule has 0 aliphatic rings. The second-order valence-corrected chi connectivity index (χ2v) is 15.0. The molecule has 0 saturated heterocycles. The van der Waals surface area contributed by atoms with E-state index in [1.807, 2.05) is 110 Å². The van der Waals surface area contributed by atoms with E-state index in [1.165, 1.54) is 0 Å². The van der Waals surface area contributed by atoms with E-state index in [-0.39, 0.29) is 0 Å². The minimum Gasteiger partial charge on any atom is -0.264 e. The fourth-order valence-electron chi connectivity index (χ4n) is 6.05. The van der Waals surface area contributed by atoms with Gasteiger partial charge in [0.25, 0.3) is 0 Å². The van der Waals surface area contributed by atoms with Crippen molar-refractivity contribution in [2.24, 2.45) is 0 Å². The van der Waals surface area contributed by atoms with Crippen molar-refractivity contribution in [3.8, 4) is 45.3 Å². The first-order valence-corrected chi connectivity index (χ1v) is 17.8. The van der Waals surface area contributed by atoms with Crippen molar-refractivity contribution < 1.29 is 0 Å². The predicted octanol–water partition coefficient (Wildman–Crippen LogP) is 4.89. The molecule has 0 fully saturated rings. The number of nitrogens with zero attached hydrogens (tertiary/aromatic N) is 8. The second kappa shape index (κ2) is 13.3. The molecule has 0 aliphatic carbocycles. The van der Waals surface area contributed by atoms with Gasteiger partial charge >= 0.3 is 0 Å². The van der Waals surface area contributed by atoms with Gasteiger partial charge in [0.05, 0.1) is 34.2 Å². The van der Waals surface area contributed by atoms with Crippen LogP contribution in [0, 0.1) is 0 Å². The number of pyridine rings is 8. The molecule has 0 unspecified atom stereocenters. The molecule has 0 amide bonds. The summed E-state index contributed by atoms with van der Waals surface area (Å²) in [4.78, 5) is 38.4. The zero-order chi connectivity index (χ0) is 32.9. The van der Waals surface area contributed by atoms with Gasteiger partial charge in [0, 0.05) is 71.3 Å². The minimum atomic E-state index is -3.22.